The van der Waals surface area contributed by atoms with E-state index in [1.807, 2.05) is 51.1 Å². The third-order valence-electron chi connectivity index (χ3n) is 5.67. The smallest absolute Gasteiger partial charge is 0.332 e. The Bertz CT molecular complexity index is 1800. The second-order valence-electron chi connectivity index (χ2n) is 9.71. The predicted octanol–water partition coefficient (Wildman–Crippen LogP) is 3.76. The van der Waals surface area contributed by atoms with Crippen LogP contribution in [0.3, 0.4) is 0 Å². The van der Waals surface area contributed by atoms with E-state index in [-0.39, 0.29) is 5.41 Å². The van der Waals surface area contributed by atoms with Gasteiger partial charge in [-0.05, 0) is 52.6 Å². The Morgan fingerprint density at radius 1 is 0.946 bits per heavy atom. The molecule has 1 aromatic heterocycles. The van der Waals surface area contributed by atoms with Crippen molar-refractivity contribution in [1.29, 1.82) is 0 Å². The van der Waals surface area contributed by atoms with E-state index in [4.69, 9.17) is 4.74 Å². The second-order valence-corrected chi connectivity index (χ2v) is 11.5. The zero-order chi connectivity index (χ0) is 27.0. The summed E-state index contributed by atoms with van der Waals surface area (Å²) in [5, 5.41) is 1.77. The number of aromatic amines is 1. The van der Waals surface area contributed by atoms with Crippen molar-refractivity contribution in [3.05, 3.63) is 98.3 Å². The summed E-state index contributed by atoms with van der Waals surface area (Å²) < 4.78 is 32.6. The highest BCUT2D eigenvalue weighted by atomic mass is 32.2. The first-order valence-corrected chi connectivity index (χ1v) is 13.3. The number of anilines is 1. The van der Waals surface area contributed by atoms with Gasteiger partial charge in [-0.3, -0.25) is 19.1 Å². The van der Waals surface area contributed by atoms with Crippen molar-refractivity contribution < 1.29 is 13.2 Å². The third kappa shape index (κ3) is 5.93. The SMILES string of the molecule is COc1c(C#Cc2ccc3cc(NS(C)(=O)=O)ccc3c2)cc(-n2ccc(=O)[nH]c2=O)cc1C(C)(C)C. The van der Waals surface area contributed by atoms with E-state index in [2.05, 4.69) is 21.5 Å². The Morgan fingerprint density at radius 2 is 1.65 bits per heavy atom. The number of benzene rings is 3. The van der Waals surface area contributed by atoms with Gasteiger partial charge in [-0.1, -0.05) is 44.7 Å². The van der Waals surface area contributed by atoms with Gasteiger partial charge in [0, 0.05) is 29.1 Å². The van der Waals surface area contributed by atoms with Crippen LogP contribution in [0.25, 0.3) is 16.5 Å². The number of aromatic nitrogens is 2. The van der Waals surface area contributed by atoms with Crippen molar-refractivity contribution in [3.8, 4) is 23.3 Å². The number of hydrogen-bond donors (Lipinski definition) is 2. The van der Waals surface area contributed by atoms with Gasteiger partial charge >= 0.3 is 5.69 Å². The molecule has 0 amide bonds. The second kappa shape index (κ2) is 9.64. The number of sulfonamides is 1. The lowest BCUT2D eigenvalue weighted by molar-refractivity contribution is 0.396. The lowest BCUT2D eigenvalue weighted by atomic mass is 9.84. The normalized spacial score (nSPS) is 11.6. The summed E-state index contributed by atoms with van der Waals surface area (Å²) in [6.07, 6.45) is 2.54. The molecular weight excluding hydrogens is 490 g/mol. The Hall–Kier alpha value is -4.29. The molecule has 0 aliphatic carbocycles. The average molecular weight is 518 g/mol. The van der Waals surface area contributed by atoms with Gasteiger partial charge in [0.1, 0.15) is 5.75 Å². The van der Waals surface area contributed by atoms with E-state index in [0.717, 1.165) is 28.2 Å². The van der Waals surface area contributed by atoms with Crippen molar-refractivity contribution in [2.45, 2.75) is 26.2 Å². The molecule has 0 fully saturated rings. The van der Waals surface area contributed by atoms with Crippen LogP contribution >= 0.6 is 0 Å². The highest BCUT2D eigenvalue weighted by Crippen LogP contribution is 2.36. The van der Waals surface area contributed by atoms with Crippen LogP contribution in [0.5, 0.6) is 5.75 Å². The van der Waals surface area contributed by atoms with E-state index in [0.29, 0.717) is 22.7 Å². The molecule has 2 N–H and O–H groups in total. The number of hydrogen-bond acceptors (Lipinski definition) is 5. The Kier molecular flexibility index (Phi) is 6.72. The van der Waals surface area contributed by atoms with Crippen LogP contribution in [0.15, 0.2) is 70.4 Å². The van der Waals surface area contributed by atoms with E-state index in [1.54, 1.807) is 25.3 Å². The van der Waals surface area contributed by atoms with Gasteiger partial charge in [-0.25, -0.2) is 13.2 Å². The van der Waals surface area contributed by atoms with Gasteiger partial charge in [0.25, 0.3) is 5.56 Å². The molecule has 8 nitrogen and oxygen atoms in total. The third-order valence-corrected chi connectivity index (χ3v) is 6.28. The van der Waals surface area contributed by atoms with Crippen molar-refractivity contribution in [3.63, 3.8) is 0 Å². The van der Waals surface area contributed by atoms with Crippen LogP contribution < -0.4 is 20.7 Å². The lowest BCUT2D eigenvalue weighted by Crippen LogP contribution is -2.28. The number of rotatable bonds is 4. The van der Waals surface area contributed by atoms with Gasteiger partial charge in [-0.15, -0.1) is 0 Å². The van der Waals surface area contributed by atoms with Crippen molar-refractivity contribution in [1.82, 2.24) is 9.55 Å². The van der Waals surface area contributed by atoms with Crippen molar-refractivity contribution in [2.24, 2.45) is 0 Å². The molecule has 190 valence electrons. The van der Waals surface area contributed by atoms with Gasteiger partial charge in [-0.2, -0.15) is 0 Å². The summed E-state index contributed by atoms with van der Waals surface area (Å²) in [6, 6.07) is 15.8. The number of H-pyrrole nitrogens is 1. The summed E-state index contributed by atoms with van der Waals surface area (Å²) in [4.78, 5) is 26.3. The van der Waals surface area contributed by atoms with Crippen molar-refractivity contribution in [2.75, 3.05) is 18.1 Å². The molecule has 0 radical (unpaired) electrons. The fraction of sp³-hybridized carbons (Fsp3) is 0.214. The van der Waals surface area contributed by atoms with Crippen molar-refractivity contribution >= 4 is 26.5 Å². The highest BCUT2D eigenvalue weighted by Gasteiger charge is 2.23. The zero-order valence-electron chi connectivity index (χ0n) is 21.2. The molecular formula is C28H27N3O5S. The molecule has 0 spiro atoms. The lowest BCUT2D eigenvalue weighted by Gasteiger charge is -2.24. The van der Waals surface area contributed by atoms with Crippen LogP contribution in [0.1, 0.15) is 37.5 Å². The largest absolute Gasteiger partial charge is 0.495 e. The first-order chi connectivity index (χ1) is 17.3. The summed E-state index contributed by atoms with van der Waals surface area (Å²) in [5.74, 6) is 6.97. The summed E-state index contributed by atoms with van der Waals surface area (Å²) in [7, 11) is -1.78. The number of nitrogens with zero attached hydrogens (tertiary/aromatic N) is 1. The fourth-order valence-electron chi connectivity index (χ4n) is 3.98. The monoisotopic (exact) mass is 517 g/mol. The Labute approximate surface area is 215 Å². The topological polar surface area (TPSA) is 110 Å². The molecule has 0 atom stereocenters. The van der Waals surface area contributed by atoms with E-state index < -0.39 is 21.3 Å². The molecule has 4 aromatic rings. The Morgan fingerprint density at radius 3 is 2.30 bits per heavy atom. The maximum absolute atomic E-state index is 12.5. The molecule has 9 heteroatoms. The molecule has 0 bridgehead atoms. The van der Waals surface area contributed by atoms with E-state index in [1.165, 1.54) is 16.8 Å². The molecule has 0 saturated carbocycles. The maximum atomic E-state index is 12.5. The number of ether oxygens (including phenoxy) is 1. The zero-order valence-corrected chi connectivity index (χ0v) is 22.0. The minimum Gasteiger partial charge on any atom is -0.495 e. The predicted molar refractivity (Wildman–Crippen MR) is 146 cm³/mol. The first kappa shape index (κ1) is 25.8. The minimum atomic E-state index is -3.37. The van der Waals surface area contributed by atoms with Crippen LogP contribution in [0, 0.1) is 11.8 Å². The number of fused-ring (bicyclic) bond motifs is 1. The molecule has 4 rings (SSSR count). The number of nitrogens with one attached hydrogen (secondary N) is 2. The Balaban J connectivity index is 1.82. The fourth-order valence-corrected chi connectivity index (χ4v) is 4.54. The molecule has 1 heterocycles. The van der Waals surface area contributed by atoms with Gasteiger partial charge in [0.15, 0.2) is 0 Å². The molecule has 0 aliphatic heterocycles. The minimum absolute atomic E-state index is 0.315. The standard InChI is InChI=1S/C28H27N3O5S/c1-28(2,3)24-17-23(31-13-12-25(32)29-27(31)33)16-21(26(24)36-4)9-7-18-6-8-20-15-22(30-37(5,34)35)11-10-19(20)14-18/h6,8,10-17,30H,1-5H3,(H,29,32,33). The highest BCUT2D eigenvalue weighted by molar-refractivity contribution is 7.92. The number of methoxy groups -OCH3 is 1. The molecule has 0 aliphatic rings. The van der Waals surface area contributed by atoms with Crippen LogP contribution in [-0.2, 0) is 15.4 Å². The van der Waals surface area contributed by atoms with Gasteiger partial charge in [0.2, 0.25) is 10.0 Å². The quantitative estimate of drug-likeness (QED) is 0.401. The van der Waals surface area contributed by atoms with Crippen LogP contribution in [0.2, 0.25) is 0 Å². The summed E-state index contributed by atoms with van der Waals surface area (Å²) in [5.41, 5.74) is 1.92. The van der Waals surface area contributed by atoms with Crippen LogP contribution in [0.4, 0.5) is 5.69 Å². The molecule has 0 unspecified atom stereocenters. The summed E-state index contributed by atoms with van der Waals surface area (Å²) in [6.45, 7) is 6.12. The van der Waals surface area contributed by atoms with Crippen LogP contribution in [-0.4, -0.2) is 31.3 Å². The molecule has 3 aromatic carbocycles. The van der Waals surface area contributed by atoms with E-state index >= 15 is 0 Å². The average Bonchev–Trinajstić information content (AvgIpc) is 2.80. The first-order valence-electron chi connectivity index (χ1n) is 11.4. The molecule has 0 saturated heterocycles. The van der Waals surface area contributed by atoms with E-state index in [9.17, 15) is 18.0 Å². The molecule has 37 heavy (non-hydrogen) atoms. The van der Waals surface area contributed by atoms with Gasteiger partial charge in [0.05, 0.1) is 24.6 Å². The van der Waals surface area contributed by atoms with Gasteiger partial charge < -0.3 is 4.74 Å². The summed E-state index contributed by atoms with van der Waals surface area (Å²) >= 11 is 0. The maximum Gasteiger partial charge on any atom is 0.332 e.